The first-order valence-electron chi connectivity index (χ1n) is 18.2. The van der Waals surface area contributed by atoms with Crippen molar-refractivity contribution in [3.63, 3.8) is 0 Å². The van der Waals surface area contributed by atoms with E-state index in [-0.39, 0.29) is 0 Å². The van der Waals surface area contributed by atoms with E-state index < -0.39 is 0 Å². The highest BCUT2D eigenvalue weighted by molar-refractivity contribution is 6.17. The molecule has 0 amide bonds. The number of hydrogen-bond acceptors (Lipinski definition) is 3. The summed E-state index contributed by atoms with van der Waals surface area (Å²) in [6.45, 7) is 0. The Morgan fingerprint density at radius 3 is 1.19 bits per heavy atom. The smallest absolute Gasteiger partial charge is 0.164 e. The molecule has 0 aliphatic carbocycles. The normalized spacial score (nSPS) is 11.7. The third-order valence-electron chi connectivity index (χ3n) is 10.6. The van der Waals surface area contributed by atoms with Crippen LogP contribution < -0.4 is 0 Å². The molecule has 0 aliphatic heterocycles. The van der Waals surface area contributed by atoms with E-state index in [1.54, 1.807) is 0 Å². The number of nitrogens with zero attached hydrogens (tertiary/aromatic N) is 5. The van der Waals surface area contributed by atoms with Crippen molar-refractivity contribution in [3.05, 3.63) is 188 Å². The van der Waals surface area contributed by atoms with Gasteiger partial charge in [-0.25, -0.2) is 15.0 Å². The van der Waals surface area contributed by atoms with Gasteiger partial charge in [0.05, 0.1) is 22.1 Å². The van der Waals surface area contributed by atoms with Crippen molar-refractivity contribution in [3.8, 4) is 45.5 Å². The molecular weight excluding hydrogens is 659 g/mol. The second-order valence-electron chi connectivity index (χ2n) is 13.6. The third-order valence-corrected chi connectivity index (χ3v) is 10.6. The number of rotatable bonds is 5. The van der Waals surface area contributed by atoms with Crippen LogP contribution in [0.5, 0.6) is 0 Å². The molecule has 0 saturated carbocycles. The summed E-state index contributed by atoms with van der Waals surface area (Å²) in [6.07, 6.45) is 0. The molecule has 5 nitrogen and oxygen atoms in total. The van der Waals surface area contributed by atoms with Gasteiger partial charge in [-0.2, -0.15) is 0 Å². The fourth-order valence-electron chi connectivity index (χ4n) is 8.28. The number of fused-ring (bicyclic) bond motifs is 7. The van der Waals surface area contributed by atoms with Crippen molar-refractivity contribution in [2.24, 2.45) is 0 Å². The molecule has 0 unspecified atom stereocenters. The first-order valence-corrected chi connectivity index (χ1v) is 18.2. The lowest BCUT2D eigenvalue weighted by atomic mass is 10.0. The number of aromatic nitrogens is 5. The molecule has 0 fully saturated rings. The number of para-hydroxylation sites is 4. The molecule has 0 bridgehead atoms. The molecule has 0 N–H and O–H groups in total. The maximum atomic E-state index is 5.42. The zero-order chi connectivity index (χ0) is 35.6. The second-order valence-corrected chi connectivity index (χ2v) is 13.6. The summed E-state index contributed by atoms with van der Waals surface area (Å²) in [6, 6.07) is 66.0. The van der Waals surface area contributed by atoms with Crippen LogP contribution in [0.4, 0.5) is 0 Å². The summed E-state index contributed by atoms with van der Waals surface area (Å²) in [5.74, 6) is 1.90. The highest BCUT2D eigenvalue weighted by Crippen LogP contribution is 2.41. The zero-order valence-electron chi connectivity index (χ0n) is 29.1. The van der Waals surface area contributed by atoms with Gasteiger partial charge in [0.25, 0.3) is 0 Å². The lowest BCUT2D eigenvalue weighted by Crippen LogP contribution is -2.01. The molecular formula is C49H31N5. The van der Waals surface area contributed by atoms with Gasteiger partial charge in [-0.3, -0.25) is 0 Å². The van der Waals surface area contributed by atoms with Crippen LogP contribution in [0.15, 0.2) is 188 Å². The molecule has 0 spiro atoms. The predicted octanol–water partition coefficient (Wildman–Crippen LogP) is 12.2. The highest BCUT2D eigenvalue weighted by atomic mass is 15.0. The SMILES string of the molecule is c1ccc(-n2c3ccccc3c3c(-c4nc(-c5cccc6ccccc56)nc(-c5cccc6c5c5ccccc5n6-c5ccccc5)n4)cccc32)cc1. The molecule has 0 radical (unpaired) electrons. The van der Waals surface area contributed by atoms with E-state index in [1.807, 2.05) is 0 Å². The molecule has 11 aromatic rings. The third kappa shape index (κ3) is 4.62. The topological polar surface area (TPSA) is 48.5 Å². The van der Waals surface area contributed by atoms with Crippen LogP contribution in [0.2, 0.25) is 0 Å². The van der Waals surface area contributed by atoms with Gasteiger partial charge in [-0.1, -0.05) is 140 Å². The summed E-state index contributed by atoms with van der Waals surface area (Å²) < 4.78 is 4.67. The zero-order valence-corrected chi connectivity index (χ0v) is 29.1. The van der Waals surface area contributed by atoms with E-state index in [0.29, 0.717) is 17.5 Å². The summed E-state index contributed by atoms with van der Waals surface area (Å²) in [5, 5.41) is 6.75. The van der Waals surface area contributed by atoms with Gasteiger partial charge in [0.2, 0.25) is 0 Å². The van der Waals surface area contributed by atoms with Gasteiger partial charge in [0, 0.05) is 49.6 Å². The fraction of sp³-hybridized carbons (Fsp3) is 0. The Morgan fingerprint density at radius 1 is 0.278 bits per heavy atom. The minimum Gasteiger partial charge on any atom is -0.309 e. The maximum absolute atomic E-state index is 5.42. The van der Waals surface area contributed by atoms with E-state index >= 15 is 0 Å². The van der Waals surface area contributed by atoms with Crippen molar-refractivity contribution >= 4 is 54.4 Å². The van der Waals surface area contributed by atoms with Crippen molar-refractivity contribution in [1.82, 2.24) is 24.1 Å². The van der Waals surface area contributed by atoms with Crippen LogP contribution in [0.25, 0.3) is 99.9 Å². The first kappa shape index (κ1) is 30.3. The van der Waals surface area contributed by atoms with Gasteiger partial charge < -0.3 is 9.13 Å². The molecule has 3 heterocycles. The fourth-order valence-corrected chi connectivity index (χ4v) is 8.28. The molecule has 5 heteroatoms. The van der Waals surface area contributed by atoms with Gasteiger partial charge in [0.1, 0.15) is 0 Å². The average Bonchev–Trinajstić information content (AvgIpc) is 3.77. The van der Waals surface area contributed by atoms with Crippen molar-refractivity contribution in [2.75, 3.05) is 0 Å². The molecule has 0 saturated heterocycles. The Labute approximate surface area is 311 Å². The summed E-state index contributed by atoms with van der Waals surface area (Å²) >= 11 is 0. The Bertz CT molecular complexity index is 3030. The van der Waals surface area contributed by atoms with E-state index in [9.17, 15) is 0 Å². The van der Waals surface area contributed by atoms with Gasteiger partial charge in [-0.05, 0) is 59.3 Å². The van der Waals surface area contributed by atoms with Gasteiger partial charge >= 0.3 is 0 Å². The van der Waals surface area contributed by atoms with Crippen molar-refractivity contribution in [2.45, 2.75) is 0 Å². The summed E-state index contributed by atoms with van der Waals surface area (Å²) in [5.41, 5.74) is 9.57. The molecule has 8 aromatic carbocycles. The van der Waals surface area contributed by atoms with Crippen LogP contribution >= 0.6 is 0 Å². The lowest BCUT2D eigenvalue weighted by Gasteiger charge is -2.12. The van der Waals surface area contributed by atoms with Crippen LogP contribution in [-0.4, -0.2) is 24.1 Å². The molecule has 11 rings (SSSR count). The van der Waals surface area contributed by atoms with Crippen LogP contribution in [0, 0.1) is 0 Å². The van der Waals surface area contributed by atoms with E-state index in [1.165, 1.54) is 0 Å². The maximum Gasteiger partial charge on any atom is 0.164 e. The molecule has 54 heavy (non-hydrogen) atoms. The van der Waals surface area contributed by atoms with Crippen LogP contribution in [0.3, 0.4) is 0 Å². The Hall–Kier alpha value is -7.37. The average molecular weight is 690 g/mol. The number of hydrogen-bond donors (Lipinski definition) is 0. The Morgan fingerprint density at radius 2 is 0.648 bits per heavy atom. The summed E-state index contributed by atoms with van der Waals surface area (Å²) in [7, 11) is 0. The van der Waals surface area contributed by atoms with E-state index in [4.69, 9.17) is 15.0 Å². The van der Waals surface area contributed by atoms with E-state index in [2.05, 4.69) is 197 Å². The standard InChI is InChI=1S/C49H31N5/c1-3-18-33(19-4-1)53-41-28-11-9-23-37(41)45-39(26-14-30-43(45)53)48-50-47(36-25-13-17-32-16-7-8-22-35(32)36)51-49(52-48)40-27-15-31-44-46(40)38-24-10-12-29-42(38)54(44)34-20-5-2-6-21-34/h1-31H. The Balaban J connectivity index is 1.24. The largest absolute Gasteiger partial charge is 0.309 e. The molecule has 3 aromatic heterocycles. The second kappa shape index (κ2) is 12.1. The predicted molar refractivity (Wildman–Crippen MR) is 222 cm³/mol. The summed E-state index contributed by atoms with van der Waals surface area (Å²) in [4.78, 5) is 16.1. The van der Waals surface area contributed by atoms with Crippen molar-refractivity contribution < 1.29 is 0 Å². The minimum atomic E-state index is 0.633. The lowest BCUT2D eigenvalue weighted by molar-refractivity contribution is 1.08. The Kier molecular flexibility index (Phi) is 6.79. The minimum absolute atomic E-state index is 0.633. The van der Waals surface area contributed by atoms with Gasteiger partial charge in [-0.15, -0.1) is 0 Å². The monoisotopic (exact) mass is 689 g/mol. The first-order chi connectivity index (χ1) is 26.8. The molecule has 252 valence electrons. The number of benzene rings is 8. The van der Waals surface area contributed by atoms with Crippen molar-refractivity contribution in [1.29, 1.82) is 0 Å². The quantitative estimate of drug-likeness (QED) is 0.181. The van der Waals surface area contributed by atoms with Crippen LogP contribution in [-0.2, 0) is 0 Å². The molecule has 0 aliphatic rings. The highest BCUT2D eigenvalue weighted by Gasteiger charge is 2.22. The van der Waals surface area contributed by atoms with E-state index in [0.717, 1.165) is 82.4 Å². The molecule has 0 atom stereocenters. The van der Waals surface area contributed by atoms with Gasteiger partial charge in [0.15, 0.2) is 17.5 Å². The van der Waals surface area contributed by atoms with Crippen LogP contribution in [0.1, 0.15) is 0 Å².